The largest absolute Gasteiger partial charge is 0.470 e. The number of anilines is 1. The van der Waals surface area contributed by atoms with Crippen molar-refractivity contribution < 1.29 is 31.5 Å². The van der Waals surface area contributed by atoms with Crippen LogP contribution in [0.1, 0.15) is 23.4 Å². The summed E-state index contributed by atoms with van der Waals surface area (Å²) in [5.74, 6) is 0.193. The maximum atomic E-state index is 13.4. The van der Waals surface area contributed by atoms with E-state index in [0.29, 0.717) is 18.9 Å². The highest BCUT2D eigenvalue weighted by atomic mass is 19.4. The van der Waals surface area contributed by atoms with Gasteiger partial charge in [0.15, 0.2) is 11.5 Å². The molecule has 1 saturated heterocycles. The van der Waals surface area contributed by atoms with Crippen LogP contribution >= 0.6 is 0 Å². The van der Waals surface area contributed by atoms with Gasteiger partial charge in [-0.2, -0.15) is 13.2 Å². The van der Waals surface area contributed by atoms with Gasteiger partial charge >= 0.3 is 6.18 Å². The lowest BCUT2D eigenvalue weighted by Gasteiger charge is -2.27. The normalized spacial score (nSPS) is 14.5. The topological polar surface area (TPSA) is 98.1 Å². The number of rotatable bonds is 6. The smallest absolute Gasteiger partial charge is 0.437 e. The summed E-state index contributed by atoms with van der Waals surface area (Å²) in [5, 5.41) is 17.2. The van der Waals surface area contributed by atoms with Gasteiger partial charge in [-0.1, -0.05) is 17.3 Å². The van der Waals surface area contributed by atoms with E-state index in [4.69, 9.17) is 4.74 Å². The summed E-state index contributed by atoms with van der Waals surface area (Å²) >= 11 is 0. The van der Waals surface area contributed by atoms with E-state index < -0.39 is 30.6 Å². The zero-order valence-corrected chi connectivity index (χ0v) is 16.8. The van der Waals surface area contributed by atoms with Crippen molar-refractivity contribution in [3.8, 4) is 11.6 Å². The first-order valence-corrected chi connectivity index (χ1v) is 9.61. The third-order valence-electron chi connectivity index (χ3n) is 4.77. The molecular formula is C19H16F5N7O2. The van der Waals surface area contributed by atoms with Crippen molar-refractivity contribution in [3.63, 3.8) is 0 Å². The van der Waals surface area contributed by atoms with Gasteiger partial charge in [0.1, 0.15) is 12.3 Å². The maximum absolute atomic E-state index is 13.4. The fraction of sp³-hybridized carbons (Fsp3) is 0.316. The summed E-state index contributed by atoms with van der Waals surface area (Å²) in [6.07, 6.45) is -7.53. The molecule has 3 heterocycles. The van der Waals surface area contributed by atoms with Crippen molar-refractivity contribution in [3.05, 3.63) is 53.3 Å². The van der Waals surface area contributed by atoms with Crippen LogP contribution in [0.3, 0.4) is 0 Å². The van der Waals surface area contributed by atoms with Gasteiger partial charge in [0, 0.05) is 24.7 Å². The molecule has 0 saturated carbocycles. The summed E-state index contributed by atoms with van der Waals surface area (Å²) in [6.45, 7) is 0.483. The number of hydrogen-bond donors (Lipinski definition) is 1. The van der Waals surface area contributed by atoms with Crippen LogP contribution in [0.4, 0.5) is 27.8 Å². The molecule has 0 atom stereocenters. The molecule has 1 N–H and O–H groups in total. The third-order valence-corrected chi connectivity index (χ3v) is 4.77. The molecule has 0 aliphatic carbocycles. The molecule has 1 aliphatic heterocycles. The number of carbonyl (C=O) groups is 1. The number of nitrogens with zero attached hydrogens (tertiary/aromatic N) is 6. The molecule has 1 amide bonds. The molecule has 1 aliphatic rings. The van der Waals surface area contributed by atoms with Crippen LogP contribution < -0.4 is 15.0 Å². The van der Waals surface area contributed by atoms with E-state index in [0.717, 1.165) is 16.8 Å². The summed E-state index contributed by atoms with van der Waals surface area (Å²) < 4.78 is 72.1. The zero-order valence-electron chi connectivity index (χ0n) is 16.8. The van der Waals surface area contributed by atoms with E-state index in [9.17, 15) is 26.7 Å². The SMILES string of the molecule is O=C1CN(c2ccc(OCc3c(C(F)(F)F)nnn3-c3ccc(C(F)F)cc3)nn2)CCN1. The Hall–Kier alpha value is -3.84. The first-order valence-electron chi connectivity index (χ1n) is 9.61. The predicted molar refractivity (Wildman–Crippen MR) is 103 cm³/mol. The molecule has 0 unspecified atom stereocenters. The van der Waals surface area contributed by atoms with E-state index >= 15 is 0 Å². The minimum absolute atomic E-state index is 0.0610. The molecule has 0 spiro atoms. The van der Waals surface area contributed by atoms with Crippen LogP contribution in [-0.2, 0) is 17.6 Å². The van der Waals surface area contributed by atoms with Gasteiger partial charge in [0.2, 0.25) is 11.8 Å². The second-order valence-corrected chi connectivity index (χ2v) is 6.98. The van der Waals surface area contributed by atoms with Gasteiger partial charge in [-0.15, -0.1) is 15.3 Å². The van der Waals surface area contributed by atoms with Crippen LogP contribution in [0.15, 0.2) is 36.4 Å². The van der Waals surface area contributed by atoms with Gasteiger partial charge in [0.05, 0.1) is 12.2 Å². The molecule has 3 aromatic rings. The van der Waals surface area contributed by atoms with E-state index in [1.165, 1.54) is 24.3 Å². The molecule has 33 heavy (non-hydrogen) atoms. The lowest BCUT2D eigenvalue weighted by Crippen LogP contribution is -2.48. The lowest BCUT2D eigenvalue weighted by molar-refractivity contribution is -0.142. The van der Waals surface area contributed by atoms with Crippen LogP contribution in [0.25, 0.3) is 5.69 Å². The highest BCUT2D eigenvalue weighted by Gasteiger charge is 2.39. The fourth-order valence-electron chi connectivity index (χ4n) is 3.15. The Balaban J connectivity index is 1.54. The van der Waals surface area contributed by atoms with E-state index in [1.54, 1.807) is 4.90 Å². The van der Waals surface area contributed by atoms with Gasteiger partial charge < -0.3 is 15.0 Å². The Labute approximate surface area is 183 Å². The Morgan fingerprint density at radius 2 is 1.82 bits per heavy atom. The van der Waals surface area contributed by atoms with Gasteiger partial charge in [-0.25, -0.2) is 13.5 Å². The molecule has 0 bridgehead atoms. The second-order valence-electron chi connectivity index (χ2n) is 6.98. The summed E-state index contributed by atoms with van der Waals surface area (Å²) in [4.78, 5) is 13.2. The number of nitrogens with one attached hydrogen (secondary N) is 1. The Bertz CT molecular complexity index is 1120. The highest BCUT2D eigenvalue weighted by Crippen LogP contribution is 2.32. The van der Waals surface area contributed by atoms with E-state index in [1.807, 2.05) is 0 Å². The van der Waals surface area contributed by atoms with E-state index in [-0.39, 0.29) is 29.6 Å². The number of amides is 1. The first kappa shape index (κ1) is 22.4. The van der Waals surface area contributed by atoms with Gasteiger partial charge in [-0.3, -0.25) is 4.79 Å². The number of ether oxygens (including phenoxy) is 1. The Morgan fingerprint density at radius 1 is 1.06 bits per heavy atom. The molecule has 9 nitrogen and oxygen atoms in total. The van der Waals surface area contributed by atoms with Crippen molar-refractivity contribution in [2.75, 3.05) is 24.5 Å². The molecule has 0 radical (unpaired) electrons. The average molecular weight is 469 g/mol. The molecule has 2 aromatic heterocycles. The highest BCUT2D eigenvalue weighted by molar-refractivity contribution is 5.82. The lowest BCUT2D eigenvalue weighted by atomic mass is 10.2. The number of piperazine rings is 1. The molecule has 4 rings (SSSR count). The quantitative estimate of drug-likeness (QED) is 0.554. The minimum atomic E-state index is -4.82. The van der Waals surface area contributed by atoms with Crippen molar-refractivity contribution >= 4 is 11.7 Å². The Kier molecular flexibility index (Phi) is 6.07. The standard InChI is InChI=1S/C19H16F5N7O2/c20-18(21)11-1-3-12(4-2-11)31-13(17(28-29-31)19(22,23)24)10-33-16-6-5-14(26-27-16)30-8-7-25-15(32)9-30/h1-6,18H,7-10H2,(H,25,32). The van der Waals surface area contributed by atoms with Gasteiger partial charge in [-0.05, 0) is 18.2 Å². The number of aromatic nitrogens is 5. The van der Waals surface area contributed by atoms with Crippen molar-refractivity contribution in [2.24, 2.45) is 0 Å². The number of carbonyl (C=O) groups excluding carboxylic acids is 1. The number of halogens is 5. The van der Waals surface area contributed by atoms with Crippen molar-refractivity contribution in [1.82, 2.24) is 30.5 Å². The summed E-state index contributed by atoms with van der Waals surface area (Å²) in [6, 6.07) is 7.54. The van der Waals surface area contributed by atoms with E-state index in [2.05, 4.69) is 25.8 Å². The first-order chi connectivity index (χ1) is 15.7. The minimum Gasteiger partial charge on any atom is -0.470 e. The van der Waals surface area contributed by atoms with Crippen LogP contribution in [0.5, 0.6) is 5.88 Å². The monoisotopic (exact) mass is 469 g/mol. The number of hydrogen-bond acceptors (Lipinski definition) is 7. The van der Waals surface area contributed by atoms with Crippen molar-refractivity contribution in [1.29, 1.82) is 0 Å². The number of alkyl halides is 5. The Morgan fingerprint density at radius 3 is 2.42 bits per heavy atom. The number of benzene rings is 1. The molecule has 1 aromatic carbocycles. The van der Waals surface area contributed by atoms with Crippen LogP contribution in [-0.4, -0.2) is 50.7 Å². The molecular weight excluding hydrogens is 453 g/mol. The summed E-state index contributed by atoms with van der Waals surface area (Å²) in [5.41, 5.74) is -1.89. The zero-order chi connectivity index (χ0) is 23.6. The second kappa shape index (κ2) is 8.96. The third kappa shape index (κ3) is 4.99. The van der Waals surface area contributed by atoms with Gasteiger partial charge in [0.25, 0.3) is 6.43 Å². The molecule has 174 valence electrons. The summed E-state index contributed by atoms with van der Waals surface area (Å²) in [7, 11) is 0. The van der Waals surface area contributed by atoms with Crippen LogP contribution in [0.2, 0.25) is 0 Å². The average Bonchev–Trinajstić information content (AvgIpc) is 3.23. The maximum Gasteiger partial charge on any atom is 0.437 e. The molecule has 1 fully saturated rings. The fourth-order valence-corrected chi connectivity index (χ4v) is 3.15. The van der Waals surface area contributed by atoms with Crippen LogP contribution in [0, 0.1) is 0 Å². The predicted octanol–water partition coefficient (Wildman–Crippen LogP) is 2.53. The molecule has 14 heteroatoms. The van der Waals surface area contributed by atoms with Crippen molar-refractivity contribution in [2.45, 2.75) is 19.2 Å².